The van der Waals surface area contributed by atoms with Crippen LogP contribution in [0, 0.1) is 11.8 Å². The molecule has 0 aromatic heterocycles. The van der Waals surface area contributed by atoms with Crippen LogP contribution in [0.1, 0.15) is 39.5 Å². The zero-order valence-corrected chi connectivity index (χ0v) is 12.4. The number of hydrogen-bond acceptors (Lipinski definition) is 3. The Bertz CT molecular complexity index is 320. The number of nitrogens with one attached hydrogen (secondary N) is 2. The van der Waals surface area contributed by atoms with Crippen molar-refractivity contribution >= 4 is 12.0 Å². The summed E-state index contributed by atoms with van der Waals surface area (Å²) in [7, 11) is 0. The van der Waals surface area contributed by atoms with Crippen molar-refractivity contribution in [3.05, 3.63) is 0 Å². The van der Waals surface area contributed by atoms with Gasteiger partial charge in [0.05, 0.1) is 6.10 Å². The Balaban J connectivity index is 2.12. The third-order valence-corrected chi connectivity index (χ3v) is 3.57. The van der Waals surface area contributed by atoms with Crippen molar-refractivity contribution in [3.63, 3.8) is 0 Å². The minimum absolute atomic E-state index is 0.0797. The quantitative estimate of drug-likeness (QED) is 0.620. The maximum absolute atomic E-state index is 11.5. The average Bonchev–Trinajstić information content (AvgIpc) is 2.41. The predicted octanol–water partition coefficient (Wildman–Crippen LogP) is 1.60. The molecule has 1 fully saturated rings. The highest BCUT2D eigenvalue weighted by Gasteiger charge is 2.24. The normalized spacial score (nSPS) is 22.6. The number of hydrogen-bond donors (Lipinski definition) is 3. The second kappa shape index (κ2) is 8.79. The lowest BCUT2D eigenvalue weighted by atomic mass is 9.90. The molecule has 0 bridgehead atoms. The van der Waals surface area contributed by atoms with E-state index in [-0.39, 0.29) is 18.6 Å². The van der Waals surface area contributed by atoms with Crippen molar-refractivity contribution in [2.24, 2.45) is 11.8 Å². The number of amides is 2. The topological polar surface area (TPSA) is 87.7 Å². The Morgan fingerprint density at radius 2 is 2.10 bits per heavy atom. The molecular formula is C14H26N2O4. The largest absolute Gasteiger partial charge is 0.481 e. The number of rotatable bonds is 7. The molecule has 0 aliphatic carbocycles. The standard InChI is InChI=1S/C14H26N2O4/c1-10(2)12-8-11(5-7-20-12)9-16-14(19)15-6-3-4-13(17)18/h10-12H,3-9H2,1-2H3,(H,17,18)(H2,15,16,19). The number of carbonyl (C=O) groups is 2. The fourth-order valence-electron chi connectivity index (χ4n) is 2.29. The van der Waals surface area contributed by atoms with Crippen molar-refractivity contribution in [2.45, 2.75) is 45.6 Å². The number of urea groups is 1. The summed E-state index contributed by atoms with van der Waals surface area (Å²) >= 11 is 0. The minimum Gasteiger partial charge on any atom is -0.481 e. The first-order valence-corrected chi connectivity index (χ1v) is 7.34. The molecule has 0 saturated carbocycles. The van der Waals surface area contributed by atoms with E-state index in [1.165, 1.54) is 0 Å². The Morgan fingerprint density at radius 1 is 1.35 bits per heavy atom. The van der Waals surface area contributed by atoms with Crippen LogP contribution in [0.4, 0.5) is 4.79 Å². The molecule has 3 N–H and O–H groups in total. The summed E-state index contributed by atoms with van der Waals surface area (Å²) in [5.41, 5.74) is 0. The maximum atomic E-state index is 11.5. The number of carboxylic acid groups (broad SMARTS) is 1. The second-order valence-corrected chi connectivity index (χ2v) is 5.68. The zero-order valence-electron chi connectivity index (χ0n) is 12.4. The van der Waals surface area contributed by atoms with Gasteiger partial charge in [-0.15, -0.1) is 0 Å². The van der Waals surface area contributed by atoms with Gasteiger partial charge in [-0.25, -0.2) is 4.79 Å². The van der Waals surface area contributed by atoms with Gasteiger partial charge in [-0.05, 0) is 31.1 Å². The molecule has 1 saturated heterocycles. The van der Waals surface area contributed by atoms with E-state index in [2.05, 4.69) is 24.5 Å². The van der Waals surface area contributed by atoms with Crippen molar-refractivity contribution in [2.75, 3.05) is 19.7 Å². The monoisotopic (exact) mass is 286 g/mol. The fraction of sp³-hybridized carbons (Fsp3) is 0.857. The van der Waals surface area contributed by atoms with Crippen LogP contribution in [0.2, 0.25) is 0 Å². The summed E-state index contributed by atoms with van der Waals surface area (Å²) in [6.07, 6.45) is 2.78. The molecule has 2 unspecified atom stereocenters. The molecule has 1 aliphatic rings. The molecule has 20 heavy (non-hydrogen) atoms. The highest BCUT2D eigenvalue weighted by molar-refractivity contribution is 5.73. The van der Waals surface area contributed by atoms with E-state index in [0.717, 1.165) is 19.4 Å². The van der Waals surface area contributed by atoms with E-state index < -0.39 is 5.97 Å². The van der Waals surface area contributed by atoms with Gasteiger partial charge in [-0.3, -0.25) is 4.79 Å². The Hall–Kier alpha value is -1.30. The number of carboxylic acids is 1. The second-order valence-electron chi connectivity index (χ2n) is 5.68. The lowest BCUT2D eigenvalue weighted by molar-refractivity contribution is -0.137. The van der Waals surface area contributed by atoms with Crippen molar-refractivity contribution < 1.29 is 19.4 Å². The zero-order chi connectivity index (χ0) is 15.0. The van der Waals surface area contributed by atoms with Crippen molar-refractivity contribution in [1.82, 2.24) is 10.6 Å². The molecular weight excluding hydrogens is 260 g/mol. The highest BCUT2D eigenvalue weighted by Crippen LogP contribution is 2.24. The molecule has 2 atom stereocenters. The summed E-state index contributed by atoms with van der Waals surface area (Å²) in [5.74, 6) is 0.123. The van der Waals surface area contributed by atoms with E-state index in [1.807, 2.05) is 0 Å². The Morgan fingerprint density at radius 3 is 2.75 bits per heavy atom. The molecule has 2 amide bonds. The van der Waals surface area contributed by atoms with Crippen LogP contribution in [0.3, 0.4) is 0 Å². The van der Waals surface area contributed by atoms with Crippen LogP contribution in [0.25, 0.3) is 0 Å². The van der Waals surface area contributed by atoms with Gasteiger partial charge in [-0.1, -0.05) is 13.8 Å². The van der Waals surface area contributed by atoms with Gasteiger partial charge < -0.3 is 20.5 Å². The molecule has 0 radical (unpaired) electrons. The molecule has 0 aromatic rings. The van der Waals surface area contributed by atoms with Crippen LogP contribution in [0.15, 0.2) is 0 Å². The van der Waals surface area contributed by atoms with Crippen LogP contribution in [-0.4, -0.2) is 42.9 Å². The summed E-state index contributed by atoms with van der Waals surface area (Å²) < 4.78 is 5.69. The summed E-state index contributed by atoms with van der Waals surface area (Å²) in [6, 6.07) is -0.219. The Labute approximate surface area is 120 Å². The van der Waals surface area contributed by atoms with E-state index >= 15 is 0 Å². The lowest BCUT2D eigenvalue weighted by Crippen LogP contribution is -2.41. The minimum atomic E-state index is -0.839. The fourth-order valence-corrected chi connectivity index (χ4v) is 2.29. The average molecular weight is 286 g/mol. The number of ether oxygens (including phenoxy) is 1. The molecule has 6 nitrogen and oxygen atoms in total. The van der Waals surface area contributed by atoms with Gasteiger partial charge in [-0.2, -0.15) is 0 Å². The van der Waals surface area contributed by atoms with Gasteiger partial charge in [0.1, 0.15) is 0 Å². The van der Waals surface area contributed by atoms with E-state index in [9.17, 15) is 9.59 Å². The summed E-state index contributed by atoms with van der Waals surface area (Å²) in [4.78, 5) is 21.9. The molecule has 1 rings (SSSR count). The predicted molar refractivity (Wildman–Crippen MR) is 75.6 cm³/mol. The van der Waals surface area contributed by atoms with Crippen LogP contribution < -0.4 is 10.6 Å². The first-order valence-electron chi connectivity index (χ1n) is 7.34. The summed E-state index contributed by atoms with van der Waals surface area (Å²) in [6.45, 7) is 6.10. The van der Waals surface area contributed by atoms with Gasteiger partial charge >= 0.3 is 12.0 Å². The lowest BCUT2D eigenvalue weighted by Gasteiger charge is -2.32. The van der Waals surface area contributed by atoms with Gasteiger partial charge in [0.15, 0.2) is 0 Å². The van der Waals surface area contributed by atoms with E-state index in [0.29, 0.717) is 31.3 Å². The molecule has 6 heteroatoms. The molecule has 1 heterocycles. The van der Waals surface area contributed by atoms with Crippen LogP contribution >= 0.6 is 0 Å². The van der Waals surface area contributed by atoms with Gasteiger partial charge in [0.2, 0.25) is 0 Å². The Kier molecular flexibility index (Phi) is 7.36. The van der Waals surface area contributed by atoms with Gasteiger partial charge in [0, 0.05) is 26.1 Å². The smallest absolute Gasteiger partial charge is 0.314 e. The third kappa shape index (κ3) is 6.75. The van der Waals surface area contributed by atoms with Crippen molar-refractivity contribution in [3.8, 4) is 0 Å². The highest BCUT2D eigenvalue weighted by atomic mass is 16.5. The van der Waals surface area contributed by atoms with E-state index in [1.54, 1.807) is 0 Å². The molecule has 1 aliphatic heterocycles. The summed E-state index contributed by atoms with van der Waals surface area (Å²) in [5, 5.41) is 14.0. The number of carbonyl (C=O) groups excluding carboxylic acids is 1. The first-order chi connectivity index (χ1) is 9.49. The molecule has 116 valence electrons. The van der Waals surface area contributed by atoms with Crippen LogP contribution in [-0.2, 0) is 9.53 Å². The van der Waals surface area contributed by atoms with E-state index in [4.69, 9.17) is 9.84 Å². The SMILES string of the molecule is CC(C)C1CC(CNC(=O)NCCCC(=O)O)CCO1. The number of aliphatic carboxylic acids is 1. The maximum Gasteiger partial charge on any atom is 0.314 e. The third-order valence-electron chi connectivity index (χ3n) is 3.57. The molecule has 0 spiro atoms. The molecule has 0 aromatic carbocycles. The van der Waals surface area contributed by atoms with Crippen LogP contribution in [0.5, 0.6) is 0 Å². The van der Waals surface area contributed by atoms with Crippen molar-refractivity contribution in [1.29, 1.82) is 0 Å². The first kappa shape index (κ1) is 16.8. The van der Waals surface area contributed by atoms with Gasteiger partial charge in [0.25, 0.3) is 0 Å².